The second kappa shape index (κ2) is 4.53. The fourth-order valence-electron chi connectivity index (χ4n) is 2.03. The molecule has 0 bridgehead atoms. The molecule has 2 rings (SSSR count). The molecular weight excluding hydrogens is 202 g/mol. The van der Waals surface area contributed by atoms with Crippen LogP contribution < -0.4 is 10.3 Å². The van der Waals surface area contributed by atoms with Gasteiger partial charge in [0.05, 0.1) is 5.69 Å². The Hall–Kier alpha value is -1.55. The van der Waals surface area contributed by atoms with Gasteiger partial charge in [0.25, 0.3) is 0 Å². The number of hydrogen-bond donors (Lipinski definition) is 1. The average molecular weight is 219 g/mol. The van der Waals surface area contributed by atoms with Crippen LogP contribution in [-0.4, -0.2) is 31.6 Å². The zero-order chi connectivity index (χ0) is 11.5. The summed E-state index contributed by atoms with van der Waals surface area (Å²) in [7, 11) is 3.75. The van der Waals surface area contributed by atoms with Crippen LogP contribution in [0.15, 0.2) is 24.3 Å². The van der Waals surface area contributed by atoms with Crippen LogP contribution in [0, 0.1) is 0 Å². The van der Waals surface area contributed by atoms with Crippen molar-refractivity contribution in [3.8, 4) is 0 Å². The first-order valence-corrected chi connectivity index (χ1v) is 5.50. The van der Waals surface area contributed by atoms with E-state index in [9.17, 15) is 4.79 Å². The monoisotopic (exact) mass is 219 g/mol. The van der Waals surface area contributed by atoms with Crippen molar-refractivity contribution in [3.05, 3.63) is 29.8 Å². The predicted octanol–water partition coefficient (Wildman–Crippen LogP) is 0.990. The minimum atomic E-state index is 0.180. The Morgan fingerprint density at radius 2 is 2.12 bits per heavy atom. The Morgan fingerprint density at radius 3 is 2.75 bits per heavy atom. The molecule has 0 aromatic heterocycles. The van der Waals surface area contributed by atoms with Crippen molar-refractivity contribution in [2.75, 3.05) is 25.6 Å². The van der Waals surface area contributed by atoms with Crippen molar-refractivity contribution in [1.82, 2.24) is 10.3 Å². The van der Waals surface area contributed by atoms with Crippen LogP contribution in [0.5, 0.6) is 0 Å². The van der Waals surface area contributed by atoms with Crippen molar-refractivity contribution in [2.24, 2.45) is 0 Å². The van der Waals surface area contributed by atoms with Crippen molar-refractivity contribution in [2.45, 2.75) is 13.0 Å². The van der Waals surface area contributed by atoms with E-state index >= 15 is 0 Å². The molecule has 0 saturated carbocycles. The number of rotatable bonds is 3. The number of nitrogens with one attached hydrogen (secondary N) is 1. The summed E-state index contributed by atoms with van der Waals surface area (Å²) in [6.45, 7) is 1.59. The highest BCUT2D eigenvalue weighted by Gasteiger charge is 2.26. The molecule has 16 heavy (non-hydrogen) atoms. The smallest absolute Gasteiger partial charge is 0.242 e. The number of anilines is 1. The molecule has 1 amide bonds. The summed E-state index contributed by atoms with van der Waals surface area (Å²) in [6.07, 6.45) is 0.602. The first-order valence-electron chi connectivity index (χ1n) is 5.50. The number of hydrazine groups is 1. The fourth-order valence-corrected chi connectivity index (χ4v) is 2.03. The Bertz CT molecular complexity index is 392. The lowest BCUT2D eigenvalue weighted by molar-refractivity contribution is -0.126. The van der Waals surface area contributed by atoms with Gasteiger partial charge in [0.2, 0.25) is 5.91 Å². The molecule has 1 aromatic carbocycles. The highest BCUT2D eigenvalue weighted by Crippen LogP contribution is 2.25. The predicted molar refractivity (Wildman–Crippen MR) is 63.9 cm³/mol. The van der Waals surface area contributed by atoms with Crippen molar-refractivity contribution >= 4 is 11.6 Å². The third kappa shape index (κ3) is 1.88. The van der Waals surface area contributed by atoms with E-state index in [0.717, 1.165) is 18.8 Å². The lowest BCUT2D eigenvalue weighted by atomic mass is 10.1. The maximum absolute atomic E-state index is 11.5. The first kappa shape index (κ1) is 11.0. The summed E-state index contributed by atoms with van der Waals surface area (Å²) in [6, 6.07) is 8.17. The van der Waals surface area contributed by atoms with Gasteiger partial charge in [-0.1, -0.05) is 18.2 Å². The van der Waals surface area contributed by atoms with Crippen LogP contribution in [0.3, 0.4) is 0 Å². The van der Waals surface area contributed by atoms with Gasteiger partial charge in [0, 0.05) is 26.6 Å². The summed E-state index contributed by atoms with van der Waals surface area (Å²) in [5.74, 6) is 0.180. The molecule has 1 N–H and O–H groups in total. The molecule has 1 fully saturated rings. The highest BCUT2D eigenvalue weighted by molar-refractivity contribution is 5.81. The fraction of sp³-hybridized carbons (Fsp3) is 0.417. The van der Waals surface area contributed by atoms with E-state index in [2.05, 4.69) is 17.4 Å². The van der Waals surface area contributed by atoms with Crippen molar-refractivity contribution < 1.29 is 4.79 Å². The van der Waals surface area contributed by atoms with E-state index < -0.39 is 0 Å². The van der Waals surface area contributed by atoms with Gasteiger partial charge < -0.3 is 5.32 Å². The standard InChI is InChI=1S/C12H17N3O/c1-13-9-10-5-3-4-6-11(10)15-8-7-12(16)14(15)2/h3-6,13H,7-9H2,1-2H3. The van der Waals surface area contributed by atoms with Gasteiger partial charge in [0.1, 0.15) is 0 Å². The summed E-state index contributed by atoms with van der Waals surface area (Å²) in [5.41, 5.74) is 2.33. The van der Waals surface area contributed by atoms with Crippen LogP contribution in [0.1, 0.15) is 12.0 Å². The molecule has 1 heterocycles. The van der Waals surface area contributed by atoms with Crippen molar-refractivity contribution in [3.63, 3.8) is 0 Å². The zero-order valence-electron chi connectivity index (χ0n) is 9.73. The number of hydrogen-bond acceptors (Lipinski definition) is 3. The Kier molecular flexibility index (Phi) is 3.10. The number of amides is 1. The van der Waals surface area contributed by atoms with Gasteiger partial charge in [-0.2, -0.15) is 0 Å². The number of carbonyl (C=O) groups excluding carboxylic acids is 1. The summed E-state index contributed by atoms with van der Waals surface area (Å²) in [4.78, 5) is 11.5. The van der Waals surface area contributed by atoms with E-state index in [1.165, 1.54) is 5.56 Å². The van der Waals surface area contributed by atoms with Crippen LogP contribution in [0.25, 0.3) is 0 Å². The highest BCUT2D eigenvalue weighted by atomic mass is 16.2. The first-order chi connectivity index (χ1) is 7.74. The molecule has 0 unspecified atom stereocenters. The normalized spacial score (nSPS) is 16.0. The van der Waals surface area contributed by atoms with E-state index in [0.29, 0.717) is 6.42 Å². The van der Waals surface area contributed by atoms with E-state index in [1.54, 1.807) is 5.01 Å². The number of benzene rings is 1. The third-order valence-electron chi connectivity index (χ3n) is 2.90. The maximum atomic E-state index is 11.5. The van der Waals surface area contributed by atoms with Gasteiger partial charge in [-0.05, 0) is 18.7 Å². The molecule has 86 valence electrons. The van der Waals surface area contributed by atoms with Crippen LogP contribution in [0.2, 0.25) is 0 Å². The second-order valence-corrected chi connectivity index (χ2v) is 3.95. The molecule has 0 atom stereocenters. The third-order valence-corrected chi connectivity index (χ3v) is 2.90. The minimum absolute atomic E-state index is 0.180. The number of nitrogens with zero attached hydrogens (tertiary/aromatic N) is 2. The summed E-state index contributed by atoms with van der Waals surface area (Å²) >= 11 is 0. The Balaban J connectivity index is 2.29. The van der Waals surface area contributed by atoms with E-state index in [-0.39, 0.29) is 5.91 Å². The number of para-hydroxylation sites is 1. The zero-order valence-corrected chi connectivity index (χ0v) is 9.73. The largest absolute Gasteiger partial charge is 0.316 e. The molecule has 0 spiro atoms. The minimum Gasteiger partial charge on any atom is -0.316 e. The van der Waals surface area contributed by atoms with Gasteiger partial charge in [0.15, 0.2) is 0 Å². The molecule has 1 saturated heterocycles. The molecular formula is C12H17N3O. The molecule has 0 aliphatic carbocycles. The average Bonchev–Trinajstić information content (AvgIpc) is 2.61. The number of carbonyl (C=O) groups is 1. The molecule has 4 nitrogen and oxygen atoms in total. The van der Waals surface area contributed by atoms with Crippen LogP contribution >= 0.6 is 0 Å². The lowest BCUT2D eigenvalue weighted by Gasteiger charge is -2.28. The summed E-state index contributed by atoms with van der Waals surface area (Å²) in [5, 5.41) is 6.88. The SMILES string of the molecule is CNCc1ccccc1N1CCC(=O)N1C. The molecule has 0 radical (unpaired) electrons. The topological polar surface area (TPSA) is 35.6 Å². The van der Waals surface area contributed by atoms with Gasteiger partial charge in [-0.15, -0.1) is 0 Å². The van der Waals surface area contributed by atoms with Crippen LogP contribution in [0.4, 0.5) is 5.69 Å². The van der Waals surface area contributed by atoms with Gasteiger partial charge >= 0.3 is 0 Å². The van der Waals surface area contributed by atoms with Gasteiger partial charge in [-0.3, -0.25) is 14.8 Å². The second-order valence-electron chi connectivity index (χ2n) is 3.95. The molecule has 4 heteroatoms. The summed E-state index contributed by atoms with van der Waals surface area (Å²) < 4.78 is 0. The molecule has 1 aliphatic heterocycles. The van der Waals surface area contributed by atoms with Gasteiger partial charge in [-0.25, -0.2) is 0 Å². The Labute approximate surface area is 95.8 Å². The van der Waals surface area contributed by atoms with E-state index in [4.69, 9.17) is 0 Å². The maximum Gasteiger partial charge on any atom is 0.242 e. The molecule has 1 aromatic rings. The lowest BCUT2D eigenvalue weighted by Crippen LogP contribution is -2.36. The molecule has 1 aliphatic rings. The van der Waals surface area contributed by atoms with Crippen LogP contribution in [-0.2, 0) is 11.3 Å². The van der Waals surface area contributed by atoms with E-state index in [1.807, 2.05) is 31.2 Å². The quantitative estimate of drug-likeness (QED) is 0.823. The Morgan fingerprint density at radius 1 is 1.38 bits per heavy atom. The van der Waals surface area contributed by atoms with Crippen molar-refractivity contribution in [1.29, 1.82) is 0 Å².